The third-order valence-electron chi connectivity index (χ3n) is 5.20. The van der Waals surface area contributed by atoms with E-state index < -0.39 is 0 Å². The highest BCUT2D eigenvalue weighted by molar-refractivity contribution is 7.16. The summed E-state index contributed by atoms with van der Waals surface area (Å²) >= 11 is 3.03. The lowest BCUT2D eigenvalue weighted by atomic mass is 9.79. The Morgan fingerprint density at radius 2 is 1.88 bits per heavy atom. The standard InChI is InChI=1S/C18H22N2O2S2/c1-11-3-5-15(23-11)22-16-6-4-14(24-16)18(21)19-17-12(2)20-9-7-13(17)8-10-20/h3-6,12-13,17H,7-10H2,1-2H3,(H,19,21)/t12-,17-/m0/s1. The molecule has 0 aliphatic carbocycles. The van der Waals surface area contributed by atoms with Crippen LogP contribution >= 0.6 is 22.7 Å². The Bertz CT molecular complexity index is 729. The third-order valence-corrected chi connectivity index (χ3v) is 7.04. The molecule has 3 saturated heterocycles. The number of nitrogens with zero attached hydrogens (tertiary/aromatic N) is 1. The number of carbonyl (C=O) groups is 1. The second-order valence-corrected chi connectivity index (χ2v) is 9.00. The van der Waals surface area contributed by atoms with Crippen molar-refractivity contribution in [2.45, 2.75) is 38.8 Å². The molecule has 5 rings (SSSR count). The third kappa shape index (κ3) is 3.10. The second-order valence-electron chi connectivity index (χ2n) is 6.70. The molecule has 1 N–H and O–H groups in total. The van der Waals surface area contributed by atoms with E-state index in [0.29, 0.717) is 12.0 Å². The van der Waals surface area contributed by atoms with Gasteiger partial charge in [0.15, 0.2) is 10.1 Å². The number of aryl methyl sites for hydroxylation is 1. The lowest BCUT2D eigenvalue weighted by Crippen LogP contribution is -2.62. The van der Waals surface area contributed by atoms with Crippen LogP contribution in [0, 0.1) is 12.8 Å². The van der Waals surface area contributed by atoms with Gasteiger partial charge in [0.05, 0.1) is 4.88 Å². The molecule has 2 atom stereocenters. The molecule has 3 aliphatic heterocycles. The van der Waals surface area contributed by atoms with Crippen molar-refractivity contribution in [1.82, 2.24) is 10.2 Å². The van der Waals surface area contributed by atoms with Gasteiger partial charge in [-0.25, -0.2) is 0 Å². The highest BCUT2D eigenvalue weighted by Crippen LogP contribution is 2.35. The molecule has 4 nitrogen and oxygen atoms in total. The molecule has 3 aliphatic rings. The normalized spacial score (nSPS) is 28.8. The van der Waals surface area contributed by atoms with Crippen LogP contribution in [-0.4, -0.2) is 36.0 Å². The zero-order chi connectivity index (χ0) is 16.7. The van der Waals surface area contributed by atoms with Gasteiger partial charge in [-0.2, -0.15) is 0 Å². The fourth-order valence-corrected chi connectivity index (χ4v) is 5.38. The molecular weight excluding hydrogens is 340 g/mol. The number of fused-ring (bicyclic) bond motifs is 3. The average Bonchev–Trinajstić information content (AvgIpc) is 3.21. The zero-order valence-electron chi connectivity index (χ0n) is 14.0. The largest absolute Gasteiger partial charge is 0.436 e. The van der Waals surface area contributed by atoms with Crippen LogP contribution in [0.2, 0.25) is 0 Å². The van der Waals surface area contributed by atoms with Crippen molar-refractivity contribution >= 4 is 28.6 Å². The smallest absolute Gasteiger partial charge is 0.261 e. The van der Waals surface area contributed by atoms with Crippen molar-refractivity contribution in [3.8, 4) is 10.1 Å². The molecule has 1 amide bonds. The van der Waals surface area contributed by atoms with E-state index in [1.807, 2.05) is 24.3 Å². The maximum atomic E-state index is 12.6. The Morgan fingerprint density at radius 3 is 2.54 bits per heavy atom. The number of hydrogen-bond acceptors (Lipinski definition) is 5. The minimum absolute atomic E-state index is 0.0304. The van der Waals surface area contributed by atoms with E-state index in [-0.39, 0.29) is 11.9 Å². The fourth-order valence-electron chi connectivity index (χ4n) is 3.83. The molecule has 0 aromatic carbocycles. The Hall–Kier alpha value is -1.37. The predicted octanol–water partition coefficient (Wildman–Crippen LogP) is 4.12. The van der Waals surface area contributed by atoms with Crippen molar-refractivity contribution in [3.05, 3.63) is 34.0 Å². The molecule has 0 spiro atoms. The van der Waals surface area contributed by atoms with Crippen molar-refractivity contribution in [1.29, 1.82) is 0 Å². The van der Waals surface area contributed by atoms with Gasteiger partial charge in [0, 0.05) is 17.0 Å². The van der Waals surface area contributed by atoms with Gasteiger partial charge < -0.3 is 10.1 Å². The summed E-state index contributed by atoms with van der Waals surface area (Å²) in [7, 11) is 0. The van der Waals surface area contributed by atoms with E-state index in [0.717, 1.165) is 15.0 Å². The molecule has 3 fully saturated rings. The number of carbonyl (C=O) groups excluding carboxylic acids is 1. The van der Waals surface area contributed by atoms with Gasteiger partial charge in [0.1, 0.15) is 0 Å². The molecule has 0 radical (unpaired) electrons. The first-order valence-corrected chi connectivity index (χ1v) is 10.1. The van der Waals surface area contributed by atoms with Crippen molar-refractivity contribution in [3.63, 3.8) is 0 Å². The van der Waals surface area contributed by atoms with E-state index in [2.05, 4.69) is 24.1 Å². The van der Waals surface area contributed by atoms with Crippen LogP contribution in [0.1, 0.15) is 34.3 Å². The highest BCUT2D eigenvalue weighted by atomic mass is 32.1. The molecule has 2 aromatic rings. The number of nitrogens with one attached hydrogen (secondary N) is 1. The van der Waals surface area contributed by atoms with Crippen LogP contribution in [0.3, 0.4) is 0 Å². The van der Waals surface area contributed by atoms with Gasteiger partial charge in [-0.05, 0) is 70.0 Å². The summed E-state index contributed by atoms with van der Waals surface area (Å²) in [5.41, 5.74) is 0. The fraction of sp³-hybridized carbons (Fsp3) is 0.500. The molecule has 128 valence electrons. The first kappa shape index (κ1) is 16.1. The van der Waals surface area contributed by atoms with Crippen LogP contribution in [0.5, 0.6) is 10.1 Å². The Morgan fingerprint density at radius 1 is 1.17 bits per heavy atom. The first-order chi connectivity index (χ1) is 11.6. The summed E-state index contributed by atoms with van der Waals surface area (Å²) in [4.78, 5) is 17.1. The monoisotopic (exact) mass is 362 g/mol. The molecule has 24 heavy (non-hydrogen) atoms. The number of amides is 1. The maximum absolute atomic E-state index is 12.6. The average molecular weight is 363 g/mol. The Kier molecular flexibility index (Phi) is 4.37. The van der Waals surface area contributed by atoms with Crippen molar-refractivity contribution < 1.29 is 9.53 Å². The van der Waals surface area contributed by atoms with Crippen LogP contribution in [0.15, 0.2) is 24.3 Å². The maximum Gasteiger partial charge on any atom is 0.261 e. The van der Waals surface area contributed by atoms with Gasteiger partial charge in [0.25, 0.3) is 5.91 Å². The summed E-state index contributed by atoms with van der Waals surface area (Å²) in [6.45, 7) is 6.64. The molecule has 5 heterocycles. The SMILES string of the molecule is Cc1ccc(Oc2ccc(C(=O)N[C@@H]3C4CCN(CC4)[C@H]3C)s2)s1. The number of rotatable bonds is 4. The van der Waals surface area contributed by atoms with Gasteiger partial charge in [-0.3, -0.25) is 9.69 Å². The molecule has 2 bridgehead atoms. The Balaban J connectivity index is 1.41. The lowest BCUT2D eigenvalue weighted by Gasteiger charge is -2.49. The van der Waals surface area contributed by atoms with Gasteiger partial charge in [0.2, 0.25) is 0 Å². The van der Waals surface area contributed by atoms with Crippen LogP contribution < -0.4 is 10.1 Å². The molecular formula is C18H22N2O2S2. The zero-order valence-corrected chi connectivity index (χ0v) is 15.6. The topological polar surface area (TPSA) is 41.6 Å². The van der Waals surface area contributed by atoms with E-state index in [1.54, 1.807) is 11.3 Å². The van der Waals surface area contributed by atoms with E-state index in [9.17, 15) is 4.79 Å². The Labute approximate surface area is 150 Å². The number of piperidine rings is 3. The number of thiophene rings is 2. The summed E-state index contributed by atoms with van der Waals surface area (Å²) in [5, 5.41) is 4.91. The minimum Gasteiger partial charge on any atom is -0.436 e. The van der Waals surface area contributed by atoms with Crippen LogP contribution in [0.25, 0.3) is 0 Å². The second kappa shape index (κ2) is 6.50. The van der Waals surface area contributed by atoms with Gasteiger partial charge in [-0.15, -0.1) is 11.3 Å². The van der Waals surface area contributed by atoms with E-state index in [1.165, 1.54) is 42.1 Å². The lowest BCUT2D eigenvalue weighted by molar-refractivity contribution is 0.0218. The summed E-state index contributed by atoms with van der Waals surface area (Å²) in [6, 6.07) is 8.46. The van der Waals surface area contributed by atoms with Gasteiger partial charge in [-0.1, -0.05) is 11.3 Å². The van der Waals surface area contributed by atoms with Gasteiger partial charge >= 0.3 is 0 Å². The molecule has 0 unspecified atom stereocenters. The van der Waals surface area contributed by atoms with Crippen LogP contribution in [0.4, 0.5) is 0 Å². The minimum atomic E-state index is 0.0304. The summed E-state index contributed by atoms with van der Waals surface area (Å²) in [5.74, 6) is 0.654. The van der Waals surface area contributed by atoms with Crippen molar-refractivity contribution in [2.75, 3.05) is 13.1 Å². The van der Waals surface area contributed by atoms with Crippen molar-refractivity contribution in [2.24, 2.45) is 5.92 Å². The van der Waals surface area contributed by atoms with E-state index >= 15 is 0 Å². The molecule has 2 aromatic heterocycles. The molecule has 0 saturated carbocycles. The van der Waals surface area contributed by atoms with Crippen LogP contribution in [-0.2, 0) is 0 Å². The molecule has 6 heteroatoms. The quantitative estimate of drug-likeness (QED) is 0.889. The number of hydrogen-bond donors (Lipinski definition) is 1. The van der Waals surface area contributed by atoms with E-state index in [4.69, 9.17) is 4.74 Å². The summed E-state index contributed by atoms with van der Waals surface area (Å²) in [6.07, 6.45) is 2.40. The predicted molar refractivity (Wildman–Crippen MR) is 98.5 cm³/mol. The summed E-state index contributed by atoms with van der Waals surface area (Å²) < 4.78 is 5.84. The highest BCUT2D eigenvalue weighted by Gasteiger charge is 2.40. The number of ether oxygens (including phenoxy) is 1. The first-order valence-electron chi connectivity index (χ1n) is 8.49.